The van der Waals surface area contributed by atoms with E-state index >= 15 is 0 Å². The van der Waals surface area contributed by atoms with Crippen molar-refractivity contribution in [2.45, 2.75) is 13.0 Å². The summed E-state index contributed by atoms with van der Waals surface area (Å²) in [5, 5.41) is 10.3. The number of benzene rings is 1. The summed E-state index contributed by atoms with van der Waals surface area (Å²) in [6, 6.07) is 7.04. The molecule has 1 aliphatic rings. The van der Waals surface area contributed by atoms with Crippen LogP contribution in [-0.4, -0.2) is 77.3 Å². The highest BCUT2D eigenvalue weighted by Crippen LogP contribution is 2.30. The molecule has 10 nitrogen and oxygen atoms in total. The Hall–Kier alpha value is -3.99. The molecule has 4 rings (SSSR count). The molecule has 0 atom stereocenters. The van der Waals surface area contributed by atoms with Crippen LogP contribution in [0.2, 0.25) is 0 Å². The quantitative estimate of drug-likeness (QED) is 0.484. The van der Waals surface area contributed by atoms with E-state index in [1.807, 2.05) is 12.1 Å². The van der Waals surface area contributed by atoms with E-state index in [-0.39, 0.29) is 24.0 Å². The number of nitrogens with zero attached hydrogens (tertiary/aromatic N) is 5. The van der Waals surface area contributed by atoms with Crippen LogP contribution in [0.5, 0.6) is 0 Å². The second-order valence-electron chi connectivity index (χ2n) is 8.35. The number of fused-ring (bicyclic) bond motifs is 1. The predicted octanol–water partition coefficient (Wildman–Crippen LogP) is 2.64. The van der Waals surface area contributed by atoms with E-state index in [2.05, 4.69) is 20.7 Å². The number of hydrogen-bond acceptors (Lipinski definition) is 7. The molecule has 0 fully saturated rings. The Kier molecular flexibility index (Phi) is 7.25. The van der Waals surface area contributed by atoms with Gasteiger partial charge in [0.05, 0.1) is 41.6 Å². The van der Waals surface area contributed by atoms with E-state index in [9.17, 15) is 14.0 Å². The van der Waals surface area contributed by atoms with E-state index in [4.69, 9.17) is 4.74 Å². The van der Waals surface area contributed by atoms with Gasteiger partial charge in [-0.25, -0.2) is 9.37 Å². The van der Waals surface area contributed by atoms with Crippen molar-refractivity contribution in [2.24, 2.45) is 0 Å². The number of methoxy groups -OCH3 is 1. The summed E-state index contributed by atoms with van der Waals surface area (Å²) < 4.78 is 21.1. The Labute approximate surface area is 202 Å². The molecular formula is C24H28FN7O3. The highest BCUT2D eigenvalue weighted by atomic mass is 19.1. The maximum absolute atomic E-state index is 14.6. The number of amides is 2. The first-order chi connectivity index (χ1) is 16.9. The van der Waals surface area contributed by atoms with Gasteiger partial charge in [-0.15, -0.1) is 0 Å². The summed E-state index contributed by atoms with van der Waals surface area (Å²) >= 11 is 0. The lowest BCUT2D eigenvalue weighted by Crippen LogP contribution is -2.34. The summed E-state index contributed by atoms with van der Waals surface area (Å²) in [5.41, 5.74) is 2.80. The molecule has 184 valence electrons. The van der Waals surface area contributed by atoms with Gasteiger partial charge in [0, 0.05) is 46.6 Å². The number of pyridine rings is 1. The molecule has 11 heteroatoms. The third-order valence-corrected chi connectivity index (χ3v) is 5.81. The van der Waals surface area contributed by atoms with Crippen molar-refractivity contribution in [3.63, 3.8) is 0 Å². The first kappa shape index (κ1) is 24.1. The van der Waals surface area contributed by atoms with Crippen molar-refractivity contribution in [3.05, 3.63) is 59.8 Å². The van der Waals surface area contributed by atoms with Crippen LogP contribution in [0.15, 0.2) is 42.9 Å². The molecule has 0 spiro atoms. The maximum Gasteiger partial charge on any atom is 0.255 e. The largest absolute Gasteiger partial charge is 0.383 e. The molecule has 0 saturated carbocycles. The molecule has 3 aromatic rings. The van der Waals surface area contributed by atoms with Gasteiger partial charge >= 0.3 is 0 Å². The van der Waals surface area contributed by atoms with Crippen LogP contribution in [-0.2, 0) is 22.5 Å². The second-order valence-corrected chi connectivity index (χ2v) is 8.35. The van der Waals surface area contributed by atoms with Crippen LogP contribution in [0.4, 0.5) is 27.3 Å². The summed E-state index contributed by atoms with van der Waals surface area (Å²) in [4.78, 5) is 32.3. The van der Waals surface area contributed by atoms with Crippen molar-refractivity contribution in [1.29, 1.82) is 0 Å². The Morgan fingerprint density at radius 2 is 2.09 bits per heavy atom. The van der Waals surface area contributed by atoms with Crippen molar-refractivity contribution in [1.82, 2.24) is 24.6 Å². The SMILES string of the molecule is COCCN(C)C(=O)Cn1cc(Nc2cc(Nc3cccc4c3C(=O)N(C)CC4)c(F)cn2)cn1. The molecule has 3 heterocycles. The number of carbonyl (C=O) groups excluding carboxylic acids is 2. The van der Waals surface area contributed by atoms with Crippen molar-refractivity contribution in [2.75, 3.05) is 51.5 Å². The molecule has 0 saturated heterocycles. The highest BCUT2D eigenvalue weighted by molar-refractivity contribution is 6.02. The number of anilines is 4. The van der Waals surface area contributed by atoms with Gasteiger partial charge < -0.3 is 25.2 Å². The first-order valence-corrected chi connectivity index (χ1v) is 11.2. The van der Waals surface area contributed by atoms with Crippen LogP contribution in [0.3, 0.4) is 0 Å². The maximum atomic E-state index is 14.6. The number of hydrogen-bond donors (Lipinski definition) is 2. The fraction of sp³-hybridized carbons (Fsp3) is 0.333. The van der Waals surface area contributed by atoms with Gasteiger partial charge in [-0.05, 0) is 18.1 Å². The van der Waals surface area contributed by atoms with Crippen molar-refractivity contribution >= 4 is 34.7 Å². The number of aromatic nitrogens is 3. The van der Waals surface area contributed by atoms with Crippen molar-refractivity contribution in [3.8, 4) is 0 Å². The smallest absolute Gasteiger partial charge is 0.255 e. The number of likely N-dealkylation sites (N-methyl/N-ethyl adjacent to an activating group) is 2. The van der Waals surface area contributed by atoms with E-state index in [1.54, 1.807) is 49.5 Å². The van der Waals surface area contributed by atoms with Crippen LogP contribution >= 0.6 is 0 Å². The van der Waals surface area contributed by atoms with E-state index in [0.717, 1.165) is 18.2 Å². The molecule has 0 unspecified atom stereocenters. The monoisotopic (exact) mass is 481 g/mol. The van der Waals surface area contributed by atoms with E-state index in [0.29, 0.717) is 42.5 Å². The Morgan fingerprint density at radius 1 is 1.26 bits per heavy atom. The summed E-state index contributed by atoms with van der Waals surface area (Å²) in [6.45, 7) is 1.67. The second kappa shape index (κ2) is 10.5. The van der Waals surface area contributed by atoms with E-state index < -0.39 is 5.82 Å². The molecule has 0 aliphatic carbocycles. The van der Waals surface area contributed by atoms with Gasteiger partial charge in [0.15, 0.2) is 5.82 Å². The molecule has 2 N–H and O–H groups in total. The molecule has 35 heavy (non-hydrogen) atoms. The molecule has 0 radical (unpaired) electrons. The third kappa shape index (κ3) is 5.57. The molecule has 2 amide bonds. The predicted molar refractivity (Wildman–Crippen MR) is 130 cm³/mol. The number of ether oxygens (including phenoxy) is 1. The molecular weight excluding hydrogens is 453 g/mol. The number of carbonyl (C=O) groups is 2. The summed E-state index contributed by atoms with van der Waals surface area (Å²) in [6.07, 6.45) is 5.07. The van der Waals surface area contributed by atoms with Gasteiger partial charge in [-0.2, -0.15) is 5.10 Å². The average Bonchev–Trinajstić information content (AvgIpc) is 3.28. The van der Waals surface area contributed by atoms with Gasteiger partial charge in [0.25, 0.3) is 5.91 Å². The minimum Gasteiger partial charge on any atom is -0.383 e. The lowest BCUT2D eigenvalue weighted by atomic mass is 9.97. The lowest BCUT2D eigenvalue weighted by molar-refractivity contribution is -0.131. The summed E-state index contributed by atoms with van der Waals surface area (Å²) in [5.74, 6) is -0.373. The van der Waals surface area contributed by atoms with E-state index in [1.165, 1.54) is 10.7 Å². The Morgan fingerprint density at radius 3 is 2.89 bits per heavy atom. The zero-order valence-electron chi connectivity index (χ0n) is 19.9. The minimum absolute atomic E-state index is 0.0765. The number of halogens is 1. The van der Waals surface area contributed by atoms with Crippen molar-refractivity contribution < 1.29 is 18.7 Å². The third-order valence-electron chi connectivity index (χ3n) is 5.81. The molecule has 1 aliphatic heterocycles. The van der Waals surface area contributed by atoms with Crippen LogP contribution in [0.25, 0.3) is 0 Å². The molecule has 1 aromatic carbocycles. The molecule has 2 aromatic heterocycles. The van der Waals surface area contributed by atoms with Gasteiger partial charge in [0.1, 0.15) is 12.4 Å². The van der Waals surface area contributed by atoms with Crippen LogP contribution < -0.4 is 10.6 Å². The Balaban J connectivity index is 1.47. The zero-order chi connectivity index (χ0) is 24.9. The fourth-order valence-corrected chi connectivity index (χ4v) is 3.77. The molecule has 0 bridgehead atoms. The standard InChI is InChI=1S/C24H28FN7O3/c1-30(9-10-35-3)22(33)15-32-14-17(12-27-32)28-21-11-20(18(25)13-26-21)29-19-6-4-5-16-7-8-31(2)24(34)23(16)19/h4-6,11-14H,7-10,15H2,1-3H3,(H2,26,28,29). The Bertz CT molecular complexity index is 1230. The van der Waals surface area contributed by atoms with Crippen LogP contribution in [0.1, 0.15) is 15.9 Å². The normalized spacial score (nSPS) is 12.9. The average molecular weight is 482 g/mol. The van der Waals surface area contributed by atoms with Gasteiger partial charge in [0.2, 0.25) is 5.91 Å². The van der Waals surface area contributed by atoms with Crippen LogP contribution in [0, 0.1) is 5.82 Å². The fourth-order valence-electron chi connectivity index (χ4n) is 3.77. The summed E-state index contributed by atoms with van der Waals surface area (Å²) in [7, 11) is 5.04. The minimum atomic E-state index is -0.551. The number of rotatable bonds is 9. The van der Waals surface area contributed by atoms with Gasteiger partial charge in [-0.3, -0.25) is 14.3 Å². The lowest BCUT2D eigenvalue weighted by Gasteiger charge is -2.27. The zero-order valence-corrected chi connectivity index (χ0v) is 19.9. The number of nitrogens with one attached hydrogen (secondary N) is 2. The highest BCUT2D eigenvalue weighted by Gasteiger charge is 2.25. The first-order valence-electron chi connectivity index (χ1n) is 11.2. The topological polar surface area (TPSA) is 105 Å². The van der Waals surface area contributed by atoms with Gasteiger partial charge in [-0.1, -0.05) is 12.1 Å².